The van der Waals surface area contributed by atoms with Crippen LogP contribution in [0.2, 0.25) is 0 Å². The van der Waals surface area contributed by atoms with Gasteiger partial charge < -0.3 is 4.57 Å². The Hall–Kier alpha value is -2.87. The highest BCUT2D eigenvalue weighted by Crippen LogP contribution is 2.29. The van der Waals surface area contributed by atoms with E-state index in [1.54, 1.807) is 0 Å². The molecule has 1 N–H and O–H groups in total. The molecule has 1 heterocycles. The number of aryl methyl sites for hydroxylation is 1. The fourth-order valence-corrected chi connectivity index (χ4v) is 3.23. The van der Waals surface area contributed by atoms with Crippen LogP contribution in [-0.2, 0) is 6.18 Å². The molecule has 4 nitrogen and oxygen atoms in total. The van der Waals surface area contributed by atoms with Gasteiger partial charge in [-0.1, -0.05) is 22.0 Å². The van der Waals surface area contributed by atoms with E-state index in [4.69, 9.17) is 0 Å². The molecule has 1 aromatic heterocycles. The summed E-state index contributed by atoms with van der Waals surface area (Å²) in [7, 11) is 0. The van der Waals surface area contributed by atoms with Gasteiger partial charge in [0.1, 0.15) is 0 Å². The van der Waals surface area contributed by atoms with Gasteiger partial charge in [-0.05, 0) is 62.4 Å². The molecule has 0 aliphatic heterocycles. The minimum Gasteiger partial charge on any atom is -0.318 e. The van der Waals surface area contributed by atoms with Crippen molar-refractivity contribution in [2.45, 2.75) is 20.0 Å². The van der Waals surface area contributed by atoms with Gasteiger partial charge in [-0.3, -0.25) is 4.79 Å². The second-order valence-electron chi connectivity index (χ2n) is 6.42. The van der Waals surface area contributed by atoms with Gasteiger partial charge in [0.25, 0.3) is 5.91 Å². The molecular weight excluding hydrogens is 447 g/mol. The summed E-state index contributed by atoms with van der Waals surface area (Å²) in [4.78, 5) is 12.1. The molecule has 0 atom stereocenters. The lowest BCUT2D eigenvalue weighted by Gasteiger charge is -2.09. The first-order chi connectivity index (χ1) is 13.7. The predicted molar refractivity (Wildman–Crippen MR) is 109 cm³/mol. The molecule has 1 amide bonds. The first-order valence-electron chi connectivity index (χ1n) is 8.62. The SMILES string of the molecule is Cc1cc(/C=N/NC(=O)c2cccc(C(F)(F)F)c2)c(C)n1-c1ccc(Br)cc1. The van der Waals surface area contributed by atoms with Crippen molar-refractivity contribution in [1.82, 2.24) is 9.99 Å². The van der Waals surface area contributed by atoms with E-state index in [1.807, 2.05) is 48.7 Å². The zero-order chi connectivity index (χ0) is 21.2. The van der Waals surface area contributed by atoms with E-state index in [0.29, 0.717) is 0 Å². The average Bonchev–Trinajstić information content (AvgIpc) is 2.95. The van der Waals surface area contributed by atoms with E-state index >= 15 is 0 Å². The van der Waals surface area contributed by atoms with Gasteiger partial charge in [0, 0.05) is 32.7 Å². The minimum atomic E-state index is -4.51. The fourth-order valence-electron chi connectivity index (χ4n) is 2.97. The molecule has 3 aromatic rings. The number of carbonyl (C=O) groups is 1. The third-order valence-corrected chi connectivity index (χ3v) is 4.91. The molecule has 0 aliphatic carbocycles. The van der Waals surface area contributed by atoms with E-state index in [1.165, 1.54) is 18.3 Å². The Labute approximate surface area is 174 Å². The Morgan fingerprint density at radius 1 is 1.10 bits per heavy atom. The summed E-state index contributed by atoms with van der Waals surface area (Å²) < 4.78 is 41.4. The number of nitrogens with zero attached hydrogens (tertiary/aromatic N) is 2. The lowest BCUT2D eigenvalue weighted by Crippen LogP contribution is -2.18. The van der Waals surface area contributed by atoms with Crippen molar-refractivity contribution in [3.8, 4) is 5.69 Å². The largest absolute Gasteiger partial charge is 0.416 e. The summed E-state index contributed by atoms with van der Waals surface area (Å²) in [6, 6.07) is 13.9. The summed E-state index contributed by atoms with van der Waals surface area (Å²) in [6.07, 6.45) is -3.03. The number of alkyl halides is 3. The lowest BCUT2D eigenvalue weighted by molar-refractivity contribution is -0.137. The minimum absolute atomic E-state index is 0.114. The molecule has 0 spiro atoms. The summed E-state index contributed by atoms with van der Waals surface area (Å²) in [5, 5.41) is 3.91. The molecule has 0 unspecified atom stereocenters. The van der Waals surface area contributed by atoms with Crippen LogP contribution in [0, 0.1) is 13.8 Å². The first kappa shape index (κ1) is 20.9. The van der Waals surface area contributed by atoms with E-state index in [2.05, 4.69) is 26.5 Å². The number of hydrogen-bond acceptors (Lipinski definition) is 2. The maximum atomic E-state index is 12.8. The normalized spacial score (nSPS) is 11.8. The van der Waals surface area contributed by atoms with E-state index in [-0.39, 0.29) is 5.56 Å². The molecule has 0 saturated heterocycles. The van der Waals surface area contributed by atoms with Gasteiger partial charge in [-0.15, -0.1) is 0 Å². The van der Waals surface area contributed by atoms with Crippen LogP contribution in [0.4, 0.5) is 13.2 Å². The molecule has 0 saturated carbocycles. The van der Waals surface area contributed by atoms with Crippen molar-refractivity contribution in [1.29, 1.82) is 0 Å². The second kappa shape index (κ2) is 8.24. The number of hydrazone groups is 1. The molecular formula is C21H17BrF3N3O. The summed E-state index contributed by atoms with van der Waals surface area (Å²) in [5.41, 5.74) is 4.95. The van der Waals surface area contributed by atoms with Gasteiger partial charge in [0.15, 0.2) is 0 Å². The fraction of sp³-hybridized carbons (Fsp3) is 0.143. The maximum absolute atomic E-state index is 12.8. The number of rotatable bonds is 4. The zero-order valence-corrected chi connectivity index (χ0v) is 17.2. The molecule has 8 heteroatoms. The van der Waals surface area contributed by atoms with Gasteiger partial charge in [0.2, 0.25) is 0 Å². The van der Waals surface area contributed by atoms with Crippen LogP contribution >= 0.6 is 15.9 Å². The van der Waals surface area contributed by atoms with Gasteiger partial charge in [-0.2, -0.15) is 18.3 Å². The van der Waals surface area contributed by atoms with Crippen LogP contribution in [0.1, 0.15) is 32.9 Å². The number of amides is 1. The number of benzene rings is 2. The van der Waals surface area contributed by atoms with Gasteiger partial charge in [0.05, 0.1) is 11.8 Å². The quantitative estimate of drug-likeness (QED) is 0.394. The topological polar surface area (TPSA) is 46.4 Å². The molecule has 3 rings (SSSR count). The van der Waals surface area contributed by atoms with Crippen LogP contribution < -0.4 is 5.43 Å². The lowest BCUT2D eigenvalue weighted by atomic mass is 10.1. The van der Waals surface area contributed by atoms with Crippen LogP contribution in [0.25, 0.3) is 5.69 Å². The average molecular weight is 464 g/mol. The van der Waals surface area contributed by atoms with Crippen molar-refractivity contribution >= 4 is 28.1 Å². The third-order valence-electron chi connectivity index (χ3n) is 4.38. The Bertz CT molecular complexity index is 1070. The third kappa shape index (κ3) is 4.76. The highest BCUT2D eigenvalue weighted by Gasteiger charge is 2.30. The van der Waals surface area contributed by atoms with Gasteiger partial charge >= 0.3 is 6.18 Å². The number of carbonyl (C=O) groups excluding carboxylic acids is 1. The highest BCUT2D eigenvalue weighted by atomic mass is 79.9. The molecule has 29 heavy (non-hydrogen) atoms. The molecule has 0 aliphatic rings. The Kier molecular flexibility index (Phi) is 5.93. The Morgan fingerprint density at radius 2 is 1.79 bits per heavy atom. The van der Waals surface area contributed by atoms with Crippen LogP contribution in [0.5, 0.6) is 0 Å². The van der Waals surface area contributed by atoms with Gasteiger partial charge in [-0.25, -0.2) is 5.43 Å². The Morgan fingerprint density at radius 3 is 2.45 bits per heavy atom. The van der Waals surface area contributed by atoms with Crippen molar-refractivity contribution in [2.24, 2.45) is 5.10 Å². The zero-order valence-electron chi connectivity index (χ0n) is 15.6. The Balaban J connectivity index is 1.77. The first-order valence-corrected chi connectivity index (χ1v) is 9.41. The number of aromatic nitrogens is 1. The van der Waals surface area contributed by atoms with E-state index in [0.717, 1.165) is 39.2 Å². The number of halogens is 4. The van der Waals surface area contributed by atoms with Crippen molar-refractivity contribution < 1.29 is 18.0 Å². The molecule has 0 fully saturated rings. The molecule has 2 aromatic carbocycles. The number of hydrogen-bond donors (Lipinski definition) is 1. The molecule has 150 valence electrons. The van der Waals surface area contributed by atoms with Crippen LogP contribution in [0.3, 0.4) is 0 Å². The van der Waals surface area contributed by atoms with Crippen molar-refractivity contribution in [3.05, 3.63) is 87.1 Å². The number of nitrogens with one attached hydrogen (secondary N) is 1. The predicted octanol–water partition coefficient (Wildman–Crippen LogP) is 5.64. The molecule has 0 radical (unpaired) electrons. The van der Waals surface area contributed by atoms with Crippen LogP contribution in [-0.4, -0.2) is 16.7 Å². The van der Waals surface area contributed by atoms with Crippen molar-refractivity contribution in [3.63, 3.8) is 0 Å². The van der Waals surface area contributed by atoms with E-state index < -0.39 is 17.6 Å². The summed E-state index contributed by atoms with van der Waals surface area (Å²) in [5.74, 6) is -0.714. The highest BCUT2D eigenvalue weighted by molar-refractivity contribution is 9.10. The van der Waals surface area contributed by atoms with Crippen molar-refractivity contribution in [2.75, 3.05) is 0 Å². The van der Waals surface area contributed by atoms with E-state index in [9.17, 15) is 18.0 Å². The molecule has 0 bridgehead atoms. The summed E-state index contributed by atoms with van der Waals surface area (Å²) >= 11 is 3.41. The smallest absolute Gasteiger partial charge is 0.318 e. The standard InChI is InChI=1S/C21H17BrF3N3O/c1-13-10-16(14(2)28(13)19-8-6-18(22)7-9-19)12-26-27-20(29)15-4-3-5-17(11-15)21(23,24)25/h3-12H,1-2H3,(H,27,29)/b26-12+. The second-order valence-corrected chi connectivity index (χ2v) is 7.33. The monoisotopic (exact) mass is 463 g/mol. The maximum Gasteiger partial charge on any atom is 0.416 e. The summed E-state index contributed by atoms with van der Waals surface area (Å²) in [6.45, 7) is 3.87. The van der Waals surface area contributed by atoms with Crippen LogP contribution in [0.15, 0.2) is 64.2 Å².